The molecule has 210 valence electrons. The summed E-state index contributed by atoms with van der Waals surface area (Å²) in [5, 5.41) is 5.07. The molecule has 0 aliphatic carbocycles. The number of aromatic amines is 1. The van der Waals surface area contributed by atoms with Gasteiger partial charge in [-0.05, 0) is 72.1 Å². The molecular weight excluding hydrogens is 580 g/mol. The predicted octanol–water partition coefficient (Wildman–Crippen LogP) is 7.62. The summed E-state index contributed by atoms with van der Waals surface area (Å²) in [6.45, 7) is 4.17. The van der Waals surface area contributed by atoms with Gasteiger partial charge in [-0.15, -0.1) is 0 Å². The molecule has 4 aromatic carbocycles. The molecule has 1 aliphatic rings. The van der Waals surface area contributed by atoms with Crippen LogP contribution in [0, 0.1) is 0 Å². The van der Waals surface area contributed by atoms with Gasteiger partial charge in [-0.25, -0.2) is 0 Å². The number of rotatable bonds is 10. The molecule has 6 nitrogen and oxygen atoms in total. The largest absolute Gasteiger partial charge is 0.497 e. The van der Waals surface area contributed by atoms with Crippen molar-refractivity contribution in [3.05, 3.63) is 118 Å². The molecule has 0 saturated carbocycles. The van der Waals surface area contributed by atoms with Gasteiger partial charge in [-0.2, -0.15) is 0 Å². The predicted molar refractivity (Wildman–Crippen MR) is 166 cm³/mol. The third-order valence-electron chi connectivity index (χ3n) is 7.46. The Morgan fingerprint density at radius 1 is 0.780 bits per heavy atom. The number of methoxy groups -OCH3 is 1. The zero-order valence-corrected chi connectivity index (χ0v) is 24.7. The second-order valence-corrected chi connectivity index (χ2v) is 10.9. The van der Waals surface area contributed by atoms with Gasteiger partial charge in [0.05, 0.1) is 19.8 Å². The molecule has 2 atom stereocenters. The number of ether oxygens (including phenoxy) is 4. The summed E-state index contributed by atoms with van der Waals surface area (Å²) < 4.78 is 24.4. The number of halogens is 1. The fraction of sp³-hybridized carbons (Fsp3) is 0.235. The average molecular weight is 614 g/mol. The number of hydrogen-bond acceptors (Lipinski definition) is 5. The zero-order chi connectivity index (χ0) is 28.2. The van der Waals surface area contributed by atoms with E-state index >= 15 is 0 Å². The van der Waals surface area contributed by atoms with Gasteiger partial charge in [0.2, 0.25) is 0 Å². The fourth-order valence-electron chi connectivity index (χ4n) is 5.59. The lowest BCUT2D eigenvalue weighted by Crippen LogP contribution is -2.34. The molecule has 0 radical (unpaired) electrons. The van der Waals surface area contributed by atoms with Crippen LogP contribution in [-0.4, -0.2) is 38.5 Å². The number of nitrogens with one attached hydrogen (secondary N) is 2. The average Bonchev–Trinajstić information content (AvgIpc) is 3.40. The van der Waals surface area contributed by atoms with Crippen LogP contribution < -0.4 is 24.3 Å². The highest BCUT2D eigenvalue weighted by atomic mass is 79.9. The molecule has 0 saturated heterocycles. The molecule has 0 bridgehead atoms. The summed E-state index contributed by atoms with van der Waals surface area (Å²) in [5.41, 5.74) is 6.02. The standard InChI is InChI=1S/C34H33BrN2O4/c1-3-39-31-19-23(13-16-30(31)41-18-17-40-26-8-6-7-24(35)20-26)33-34-32(27-9-4-5-10-29(27)37-34)28(21-36-33)22-11-14-25(38-2)15-12-22/h4-16,19-20,28,33,36-37H,3,17-18,21H2,1-2H3. The third-order valence-corrected chi connectivity index (χ3v) is 7.96. The van der Waals surface area contributed by atoms with E-state index in [0.717, 1.165) is 39.3 Å². The van der Waals surface area contributed by atoms with E-state index in [1.165, 1.54) is 22.2 Å². The van der Waals surface area contributed by atoms with Crippen LogP contribution in [-0.2, 0) is 0 Å². The Kier molecular flexibility index (Phi) is 8.16. The minimum atomic E-state index is -0.0139. The van der Waals surface area contributed by atoms with Crippen LogP contribution in [0.3, 0.4) is 0 Å². The van der Waals surface area contributed by atoms with E-state index in [4.69, 9.17) is 18.9 Å². The van der Waals surface area contributed by atoms with Crippen molar-refractivity contribution < 1.29 is 18.9 Å². The third kappa shape index (κ3) is 5.78. The van der Waals surface area contributed by atoms with Gasteiger partial charge in [0.1, 0.15) is 24.7 Å². The Morgan fingerprint density at radius 2 is 1.59 bits per heavy atom. The van der Waals surface area contributed by atoms with E-state index in [1.807, 2.05) is 49.4 Å². The Morgan fingerprint density at radius 3 is 2.39 bits per heavy atom. The van der Waals surface area contributed by atoms with Crippen LogP contribution in [0.1, 0.15) is 41.3 Å². The van der Waals surface area contributed by atoms with Gasteiger partial charge < -0.3 is 29.2 Å². The Labute approximate surface area is 248 Å². The van der Waals surface area contributed by atoms with Crippen molar-refractivity contribution >= 4 is 26.8 Å². The van der Waals surface area contributed by atoms with Crippen molar-refractivity contribution in [1.82, 2.24) is 10.3 Å². The van der Waals surface area contributed by atoms with Gasteiger partial charge in [-0.1, -0.05) is 58.4 Å². The zero-order valence-electron chi connectivity index (χ0n) is 23.2. The first-order valence-electron chi connectivity index (χ1n) is 13.9. The summed E-state index contributed by atoms with van der Waals surface area (Å²) in [4.78, 5) is 3.74. The van der Waals surface area contributed by atoms with Crippen molar-refractivity contribution in [3.8, 4) is 23.0 Å². The summed E-state index contributed by atoms with van der Waals surface area (Å²) in [6, 6.07) is 30.9. The van der Waals surface area contributed by atoms with E-state index in [-0.39, 0.29) is 12.0 Å². The maximum atomic E-state index is 6.10. The van der Waals surface area contributed by atoms with Crippen molar-refractivity contribution in [2.24, 2.45) is 0 Å². The number of hydrogen-bond donors (Lipinski definition) is 2. The minimum Gasteiger partial charge on any atom is -0.497 e. The summed E-state index contributed by atoms with van der Waals surface area (Å²) in [5.74, 6) is 3.30. The molecule has 6 rings (SSSR count). The summed E-state index contributed by atoms with van der Waals surface area (Å²) >= 11 is 3.47. The number of fused-ring (bicyclic) bond motifs is 3. The summed E-state index contributed by atoms with van der Waals surface area (Å²) in [7, 11) is 1.70. The molecule has 7 heteroatoms. The van der Waals surface area contributed by atoms with Crippen LogP contribution in [0.2, 0.25) is 0 Å². The van der Waals surface area contributed by atoms with Crippen molar-refractivity contribution in [3.63, 3.8) is 0 Å². The SMILES string of the molecule is CCOc1cc(C2NCC(c3ccc(OC)cc3)c3c2[nH]c2ccccc32)ccc1OCCOc1cccc(Br)c1. The molecule has 2 unspecified atom stereocenters. The van der Waals surface area contributed by atoms with Crippen molar-refractivity contribution in [2.75, 3.05) is 33.5 Å². The van der Waals surface area contributed by atoms with Gasteiger partial charge in [0.25, 0.3) is 0 Å². The minimum absolute atomic E-state index is 0.0139. The second kappa shape index (κ2) is 12.3. The van der Waals surface area contributed by atoms with Crippen molar-refractivity contribution in [1.29, 1.82) is 0 Å². The molecule has 41 heavy (non-hydrogen) atoms. The Balaban J connectivity index is 1.26. The lowest BCUT2D eigenvalue weighted by molar-refractivity contribution is 0.208. The molecule has 0 fully saturated rings. The molecule has 2 N–H and O–H groups in total. The van der Waals surface area contributed by atoms with E-state index in [2.05, 4.69) is 74.8 Å². The maximum absolute atomic E-state index is 6.10. The van der Waals surface area contributed by atoms with Crippen LogP contribution >= 0.6 is 15.9 Å². The topological polar surface area (TPSA) is 64.7 Å². The Hall–Kier alpha value is -3.94. The molecular formula is C34H33BrN2O4. The van der Waals surface area contributed by atoms with Gasteiger partial charge in [0, 0.05) is 33.5 Å². The second-order valence-electron chi connectivity index (χ2n) is 9.96. The molecule has 5 aromatic rings. The molecule has 2 heterocycles. The van der Waals surface area contributed by atoms with Gasteiger partial charge in [-0.3, -0.25) is 0 Å². The van der Waals surface area contributed by atoms with Crippen LogP contribution in [0.15, 0.2) is 95.5 Å². The van der Waals surface area contributed by atoms with Gasteiger partial charge in [0.15, 0.2) is 11.5 Å². The van der Waals surface area contributed by atoms with E-state index in [9.17, 15) is 0 Å². The van der Waals surface area contributed by atoms with Gasteiger partial charge >= 0.3 is 0 Å². The molecule has 1 aliphatic heterocycles. The van der Waals surface area contributed by atoms with Crippen LogP contribution in [0.25, 0.3) is 10.9 Å². The number of para-hydroxylation sites is 1. The molecule has 0 spiro atoms. The monoisotopic (exact) mass is 612 g/mol. The first-order valence-corrected chi connectivity index (χ1v) is 14.7. The smallest absolute Gasteiger partial charge is 0.161 e. The molecule has 0 amide bonds. The highest BCUT2D eigenvalue weighted by molar-refractivity contribution is 9.10. The maximum Gasteiger partial charge on any atom is 0.161 e. The normalized spacial score (nSPS) is 16.3. The highest BCUT2D eigenvalue weighted by Crippen LogP contribution is 2.43. The fourth-order valence-corrected chi connectivity index (χ4v) is 5.97. The first kappa shape index (κ1) is 27.2. The van der Waals surface area contributed by atoms with E-state index < -0.39 is 0 Å². The van der Waals surface area contributed by atoms with Crippen LogP contribution in [0.5, 0.6) is 23.0 Å². The molecule has 1 aromatic heterocycles. The number of H-pyrrole nitrogens is 1. The lowest BCUT2D eigenvalue weighted by Gasteiger charge is -2.31. The highest BCUT2D eigenvalue weighted by Gasteiger charge is 2.32. The van der Waals surface area contributed by atoms with E-state index in [1.54, 1.807) is 7.11 Å². The quantitative estimate of drug-likeness (QED) is 0.159. The Bertz CT molecular complexity index is 1630. The lowest BCUT2D eigenvalue weighted by atomic mass is 9.83. The van der Waals surface area contributed by atoms with E-state index in [0.29, 0.717) is 25.6 Å². The number of aromatic nitrogens is 1. The first-order chi connectivity index (χ1) is 20.1. The summed E-state index contributed by atoms with van der Waals surface area (Å²) in [6.07, 6.45) is 0. The number of benzene rings is 4. The van der Waals surface area contributed by atoms with Crippen LogP contribution in [0.4, 0.5) is 0 Å². The van der Waals surface area contributed by atoms with Crippen molar-refractivity contribution in [2.45, 2.75) is 18.9 Å².